The van der Waals surface area contributed by atoms with Gasteiger partial charge in [0.2, 0.25) is 0 Å². The molecular weight excluding hydrogens is 310 g/mol. The highest BCUT2D eigenvalue weighted by molar-refractivity contribution is 5.59. The third-order valence-corrected chi connectivity index (χ3v) is 4.66. The molecule has 1 aromatic rings. The maximum absolute atomic E-state index is 11.1. The highest BCUT2D eigenvalue weighted by Crippen LogP contribution is 2.32. The zero-order valence-electron chi connectivity index (χ0n) is 14.1. The van der Waals surface area contributed by atoms with E-state index in [4.69, 9.17) is 9.47 Å². The van der Waals surface area contributed by atoms with Gasteiger partial charge < -0.3 is 14.4 Å². The molecule has 0 bridgehead atoms. The van der Waals surface area contributed by atoms with Crippen molar-refractivity contribution in [3.05, 3.63) is 28.3 Å². The Labute approximate surface area is 142 Å². The molecule has 2 aliphatic heterocycles. The van der Waals surface area contributed by atoms with Crippen LogP contribution >= 0.6 is 0 Å². The standard InChI is InChI=1S/C17H25N3O4/c1-2-23-17-12-14(5-6-16(17)20(21)22)19-9-7-18(8-10-19)13-15-4-3-11-24-15/h5-6,12,15H,2-4,7-11,13H2,1H3/t15-/m1/s1. The number of hydrogen-bond donors (Lipinski definition) is 0. The summed E-state index contributed by atoms with van der Waals surface area (Å²) in [5.41, 5.74) is 1.01. The molecule has 0 saturated carbocycles. The van der Waals surface area contributed by atoms with E-state index in [-0.39, 0.29) is 5.69 Å². The van der Waals surface area contributed by atoms with Crippen LogP contribution < -0.4 is 9.64 Å². The minimum absolute atomic E-state index is 0.0256. The molecule has 0 unspecified atom stereocenters. The maximum Gasteiger partial charge on any atom is 0.311 e. The molecule has 7 heteroatoms. The van der Waals surface area contributed by atoms with Crippen molar-refractivity contribution in [2.45, 2.75) is 25.9 Å². The number of nitro groups is 1. The number of piperazine rings is 1. The van der Waals surface area contributed by atoms with E-state index >= 15 is 0 Å². The summed E-state index contributed by atoms with van der Waals surface area (Å²) >= 11 is 0. The molecule has 24 heavy (non-hydrogen) atoms. The van der Waals surface area contributed by atoms with Gasteiger partial charge >= 0.3 is 5.69 Å². The van der Waals surface area contributed by atoms with Gasteiger partial charge in [-0.2, -0.15) is 0 Å². The van der Waals surface area contributed by atoms with Gasteiger partial charge in [-0.1, -0.05) is 0 Å². The summed E-state index contributed by atoms with van der Waals surface area (Å²) in [4.78, 5) is 15.4. The van der Waals surface area contributed by atoms with Crippen LogP contribution in [-0.4, -0.2) is 61.9 Å². The number of hydrogen-bond acceptors (Lipinski definition) is 6. The SMILES string of the molecule is CCOc1cc(N2CCN(C[C@H]3CCCO3)CC2)ccc1[N+](=O)[O-]. The summed E-state index contributed by atoms with van der Waals surface area (Å²) in [5.74, 6) is 0.349. The first kappa shape index (κ1) is 17.0. The lowest BCUT2D eigenvalue weighted by Gasteiger charge is -2.37. The van der Waals surface area contributed by atoms with Crippen molar-refractivity contribution in [1.82, 2.24) is 4.90 Å². The van der Waals surface area contributed by atoms with Crippen LogP contribution in [0.5, 0.6) is 5.75 Å². The third kappa shape index (κ3) is 3.96. The fourth-order valence-corrected chi connectivity index (χ4v) is 3.39. The van der Waals surface area contributed by atoms with Crippen LogP contribution in [0.15, 0.2) is 18.2 Å². The minimum atomic E-state index is -0.395. The number of anilines is 1. The topological polar surface area (TPSA) is 68.1 Å². The monoisotopic (exact) mass is 335 g/mol. The Morgan fingerprint density at radius 1 is 1.33 bits per heavy atom. The Morgan fingerprint density at radius 3 is 2.75 bits per heavy atom. The number of benzene rings is 1. The predicted octanol–water partition coefficient (Wildman–Crippen LogP) is 2.29. The van der Waals surface area contributed by atoms with E-state index in [0.717, 1.165) is 45.0 Å². The zero-order chi connectivity index (χ0) is 16.9. The molecular formula is C17H25N3O4. The predicted molar refractivity (Wildman–Crippen MR) is 91.9 cm³/mol. The van der Waals surface area contributed by atoms with E-state index in [1.54, 1.807) is 12.1 Å². The van der Waals surface area contributed by atoms with Gasteiger partial charge in [-0.15, -0.1) is 0 Å². The number of rotatable bonds is 6. The lowest BCUT2D eigenvalue weighted by Crippen LogP contribution is -2.48. The molecule has 0 radical (unpaired) electrons. The smallest absolute Gasteiger partial charge is 0.311 e. The van der Waals surface area contributed by atoms with Crippen molar-refractivity contribution in [2.75, 3.05) is 50.8 Å². The second kappa shape index (κ2) is 7.81. The molecule has 0 amide bonds. The summed E-state index contributed by atoms with van der Waals surface area (Å²) in [6.45, 7) is 7.96. The van der Waals surface area contributed by atoms with Crippen molar-refractivity contribution < 1.29 is 14.4 Å². The molecule has 0 spiro atoms. The summed E-state index contributed by atoms with van der Waals surface area (Å²) in [7, 11) is 0. The first-order chi connectivity index (χ1) is 11.7. The second-order valence-electron chi connectivity index (χ2n) is 6.26. The van der Waals surface area contributed by atoms with Gasteiger partial charge in [-0.3, -0.25) is 15.0 Å². The van der Waals surface area contributed by atoms with Crippen LogP contribution in [-0.2, 0) is 4.74 Å². The quantitative estimate of drug-likeness (QED) is 0.587. The highest BCUT2D eigenvalue weighted by Gasteiger charge is 2.24. The second-order valence-corrected chi connectivity index (χ2v) is 6.26. The first-order valence-corrected chi connectivity index (χ1v) is 8.67. The molecule has 3 rings (SSSR count). The lowest BCUT2D eigenvalue weighted by molar-refractivity contribution is -0.385. The van der Waals surface area contributed by atoms with Gasteiger partial charge in [0.1, 0.15) is 0 Å². The van der Waals surface area contributed by atoms with Crippen molar-refractivity contribution >= 4 is 11.4 Å². The average Bonchev–Trinajstić information content (AvgIpc) is 3.08. The maximum atomic E-state index is 11.1. The van der Waals surface area contributed by atoms with E-state index in [0.29, 0.717) is 18.5 Å². The highest BCUT2D eigenvalue weighted by atomic mass is 16.6. The Hall–Kier alpha value is -1.86. The van der Waals surface area contributed by atoms with Crippen LogP contribution in [0.1, 0.15) is 19.8 Å². The summed E-state index contributed by atoms with van der Waals surface area (Å²) < 4.78 is 11.2. The molecule has 1 aromatic carbocycles. The molecule has 2 heterocycles. The molecule has 132 valence electrons. The van der Waals surface area contributed by atoms with Crippen LogP contribution in [0.4, 0.5) is 11.4 Å². The van der Waals surface area contributed by atoms with Crippen molar-refractivity contribution in [2.24, 2.45) is 0 Å². The van der Waals surface area contributed by atoms with E-state index in [9.17, 15) is 10.1 Å². The fourth-order valence-electron chi connectivity index (χ4n) is 3.39. The van der Waals surface area contributed by atoms with Gasteiger partial charge in [0.05, 0.1) is 17.6 Å². The van der Waals surface area contributed by atoms with Crippen LogP contribution in [0.3, 0.4) is 0 Å². The Morgan fingerprint density at radius 2 is 2.12 bits per heavy atom. The van der Waals surface area contributed by atoms with Gasteiger partial charge in [-0.25, -0.2) is 0 Å². The molecule has 0 N–H and O–H groups in total. The average molecular weight is 335 g/mol. The lowest BCUT2D eigenvalue weighted by atomic mass is 10.2. The molecule has 0 aliphatic carbocycles. The van der Waals surface area contributed by atoms with Gasteiger partial charge in [-0.05, 0) is 25.8 Å². The number of nitro benzene ring substituents is 1. The first-order valence-electron chi connectivity index (χ1n) is 8.67. The Bertz CT molecular complexity index is 567. The molecule has 2 fully saturated rings. The summed E-state index contributed by atoms with van der Waals surface area (Å²) in [6, 6.07) is 5.15. The largest absolute Gasteiger partial charge is 0.487 e. The van der Waals surface area contributed by atoms with E-state index in [2.05, 4.69) is 9.80 Å². The Kier molecular flexibility index (Phi) is 5.52. The van der Waals surface area contributed by atoms with Crippen LogP contribution in [0.25, 0.3) is 0 Å². The zero-order valence-corrected chi connectivity index (χ0v) is 14.1. The van der Waals surface area contributed by atoms with Crippen molar-refractivity contribution in [1.29, 1.82) is 0 Å². The third-order valence-electron chi connectivity index (χ3n) is 4.66. The molecule has 0 aromatic heterocycles. The number of ether oxygens (including phenoxy) is 2. The Balaban J connectivity index is 1.61. The van der Waals surface area contributed by atoms with Crippen LogP contribution in [0.2, 0.25) is 0 Å². The summed E-state index contributed by atoms with van der Waals surface area (Å²) in [6.07, 6.45) is 2.73. The van der Waals surface area contributed by atoms with E-state index in [1.807, 2.05) is 13.0 Å². The van der Waals surface area contributed by atoms with Gasteiger partial charge in [0, 0.05) is 57.2 Å². The fraction of sp³-hybridized carbons (Fsp3) is 0.647. The van der Waals surface area contributed by atoms with Crippen LogP contribution in [0, 0.1) is 10.1 Å². The minimum Gasteiger partial charge on any atom is -0.487 e. The summed E-state index contributed by atoms with van der Waals surface area (Å²) in [5, 5.41) is 11.1. The van der Waals surface area contributed by atoms with Crippen molar-refractivity contribution in [3.63, 3.8) is 0 Å². The normalized spacial score (nSPS) is 21.9. The van der Waals surface area contributed by atoms with Gasteiger partial charge in [0.25, 0.3) is 0 Å². The van der Waals surface area contributed by atoms with E-state index < -0.39 is 4.92 Å². The van der Waals surface area contributed by atoms with Gasteiger partial charge in [0.15, 0.2) is 5.75 Å². The molecule has 2 saturated heterocycles. The van der Waals surface area contributed by atoms with E-state index in [1.165, 1.54) is 12.8 Å². The molecule has 2 aliphatic rings. The van der Waals surface area contributed by atoms with Crippen molar-refractivity contribution in [3.8, 4) is 5.75 Å². The molecule has 1 atom stereocenters. The number of nitrogens with zero attached hydrogens (tertiary/aromatic N) is 3. The molecule has 7 nitrogen and oxygen atoms in total.